The van der Waals surface area contributed by atoms with Gasteiger partial charge in [0.15, 0.2) is 5.43 Å². The molecule has 1 N–H and O–H groups in total. The number of thiazole rings is 1. The van der Waals surface area contributed by atoms with E-state index in [9.17, 15) is 9.59 Å². The smallest absolute Gasteiger partial charge is 0.259 e. The number of rotatable bonds is 3. The van der Waals surface area contributed by atoms with Crippen molar-refractivity contribution < 1.29 is 4.79 Å². The molecule has 2 aromatic heterocycles. The van der Waals surface area contributed by atoms with Gasteiger partial charge in [-0.1, -0.05) is 0 Å². The van der Waals surface area contributed by atoms with Crippen molar-refractivity contribution in [3.63, 3.8) is 0 Å². The molecule has 0 aliphatic heterocycles. The Kier molecular flexibility index (Phi) is 3.57. The molecule has 0 aliphatic rings. The summed E-state index contributed by atoms with van der Waals surface area (Å²) < 4.78 is 0. The van der Waals surface area contributed by atoms with Gasteiger partial charge in [-0.3, -0.25) is 9.59 Å². The molecular weight excluding hydrogens is 250 g/mol. The standard InChI is InChI=1S/C12H13N3O2S/c1-8-14-9(7-18-8)6-15(2)12(17)10-5-13-4-3-11(10)16/h3-5,7H,6H2,1-2H3,(H,13,16). The number of H-pyrrole nitrogens is 1. The van der Waals surface area contributed by atoms with Crippen LogP contribution in [0.15, 0.2) is 28.6 Å². The highest BCUT2D eigenvalue weighted by atomic mass is 32.1. The minimum Gasteiger partial charge on any atom is -0.367 e. The van der Waals surface area contributed by atoms with Gasteiger partial charge >= 0.3 is 0 Å². The van der Waals surface area contributed by atoms with Crippen molar-refractivity contribution in [3.8, 4) is 0 Å². The molecule has 0 aromatic carbocycles. The van der Waals surface area contributed by atoms with Gasteiger partial charge < -0.3 is 9.88 Å². The molecular formula is C12H13N3O2S. The van der Waals surface area contributed by atoms with Gasteiger partial charge in [0.1, 0.15) is 5.56 Å². The first kappa shape index (κ1) is 12.5. The lowest BCUT2D eigenvalue weighted by atomic mass is 10.2. The molecule has 94 valence electrons. The van der Waals surface area contributed by atoms with Gasteiger partial charge in [0, 0.05) is 30.9 Å². The van der Waals surface area contributed by atoms with E-state index in [2.05, 4.69) is 9.97 Å². The molecule has 2 aromatic rings. The molecule has 0 bridgehead atoms. The van der Waals surface area contributed by atoms with Crippen molar-refractivity contribution in [1.29, 1.82) is 0 Å². The normalized spacial score (nSPS) is 10.3. The third kappa shape index (κ3) is 2.65. The van der Waals surface area contributed by atoms with Crippen LogP contribution in [-0.4, -0.2) is 27.8 Å². The number of hydrogen-bond acceptors (Lipinski definition) is 4. The van der Waals surface area contributed by atoms with Gasteiger partial charge in [-0.15, -0.1) is 11.3 Å². The molecule has 2 heterocycles. The predicted molar refractivity (Wildman–Crippen MR) is 69.7 cm³/mol. The van der Waals surface area contributed by atoms with Crippen LogP contribution in [-0.2, 0) is 6.54 Å². The minimum atomic E-state index is -0.303. The first-order valence-electron chi connectivity index (χ1n) is 5.41. The summed E-state index contributed by atoms with van der Waals surface area (Å²) in [4.78, 5) is 32.1. The fourth-order valence-electron chi connectivity index (χ4n) is 1.58. The Hall–Kier alpha value is -1.95. The average molecular weight is 263 g/mol. The summed E-state index contributed by atoms with van der Waals surface area (Å²) in [7, 11) is 1.66. The van der Waals surface area contributed by atoms with E-state index in [0.717, 1.165) is 10.7 Å². The molecule has 0 fully saturated rings. The third-order valence-corrected chi connectivity index (χ3v) is 3.29. The van der Waals surface area contributed by atoms with E-state index >= 15 is 0 Å². The maximum absolute atomic E-state index is 12.1. The number of pyridine rings is 1. The molecule has 6 heteroatoms. The van der Waals surface area contributed by atoms with Gasteiger partial charge in [0.25, 0.3) is 5.91 Å². The Morgan fingerprint density at radius 2 is 2.33 bits per heavy atom. The summed E-state index contributed by atoms with van der Waals surface area (Å²) in [5.74, 6) is -0.303. The Labute approximate surface area is 108 Å². The van der Waals surface area contributed by atoms with Crippen LogP contribution in [0, 0.1) is 6.92 Å². The summed E-state index contributed by atoms with van der Waals surface area (Å²) in [5, 5.41) is 2.87. The quantitative estimate of drug-likeness (QED) is 0.910. The SMILES string of the molecule is Cc1nc(CN(C)C(=O)c2c[nH]ccc2=O)cs1. The number of amides is 1. The second kappa shape index (κ2) is 5.14. The van der Waals surface area contributed by atoms with Crippen LogP contribution in [0.1, 0.15) is 21.1 Å². The van der Waals surface area contributed by atoms with Crippen molar-refractivity contribution >= 4 is 17.2 Å². The molecule has 0 atom stereocenters. The molecule has 0 unspecified atom stereocenters. The number of aryl methyl sites for hydroxylation is 1. The number of carbonyl (C=O) groups is 1. The van der Waals surface area contributed by atoms with Gasteiger partial charge in [-0.25, -0.2) is 4.98 Å². The Bertz CT molecular complexity index is 618. The third-order valence-electron chi connectivity index (χ3n) is 2.47. The van der Waals surface area contributed by atoms with E-state index in [4.69, 9.17) is 0 Å². The highest BCUT2D eigenvalue weighted by Gasteiger charge is 2.15. The van der Waals surface area contributed by atoms with Crippen LogP contribution in [0.3, 0.4) is 0 Å². The van der Waals surface area contributed by atoms with Gasteiger partial charge in [-0.05, 0) is 6.92 Å². The first-order chi connectivity index (χ1) is 8.58. The lowest BCUT2D eigenvalue weighted by Crippen LogP contribution is -2.30. The van der Waals surface area contributed by atoms with Gasteiger partial charge in [0.05, 0.1) is 17.2 Å². The van der Waals surface area contributed by atoms with Crippen molar-refractivity contribution in [2.24, 2.45) is 0 Å². The molecule has 5 nitrogen and oxygen atoms in total. The average Bonchev–Trinajstić information content (AvgIpc) is 2.74. The van der Waals surface area contributed by atoms with Crippen LogP contribution in [0.4, 0.5) is 0 Å². The van der Waals surface area contributed by atoms with Gasteiger partial charge in [-0.2, -0.15) is 0 Å². The Balaban J connectivity index is 2.15. The topological polar surface area (TPSA) is 66.1 Å². The summed E-state index contributed by atoms with van der Waals surface area (Å²) in [6.45, 7) is 2.31. The number of nitrogens with zero attached hydrogens (tertiary/aromatic N) is 2. The van der Waals surface area contributed by atoms with Crippen LogP contribution in [0.5, 0.6) is 0 Å². The van der Waals surface area contributed by atoms with Gasteiger partial charge in [0.2, 0.25) is 0 Å². The predicted octanol–water partition coefficient (Wildman–Crippen LogP) is 1.41. The number of hydrogen-bond donors (Lipinski definition) is 1. The Morgan fingerprint density at radius 1 is 1.56 bits per heavy atom. The van der Waals surface area contributed by atoms with E-state index in [0.29, 0.717) is 6.54 Å². The zero-order chi connectivity index (χ0) is 13.1. The van der Waals surface area contributed by atoms with Crippen LogP contribution in [0.25, 0.3) is 0 Å². The molecule has 1 amide bonds. The van der Waals surface area contributed by atoms with Crippen molar-refractivity contribution in [3.05, 3.63) is 50.3 Å². The van der Waals surface area contributed by atoms with Crippen molar-refractivity contribution in [2.45, 2.75) is 13.5 Å². The summed E-state index contributed by atoms with van der Waals surface area (Å²) in [5.41, 5.74) is 0.702. The van der Waals surface area contributed by atoms with Crippen LogP contribution >= 0.6 is 11.3 Å². The monoisotopic (exact) mass is 263 g/mol. The number of carbonyl (C=O) groups excluding carboxylic acids is 1. The van der Waals surface area contributed by atoms with E-state index in [1.165, 1.54) is 23.4 Å². The summed E-state index contributed by atoms with van der Waals surface area (Å²) in [6.07, 6.45) is 2.93. The zero-order valence-corrected chi connectivity index (χ0v) is 11.0. The molecule has 0 aliphatic carbocycles. The van der Waals surface area contributed by atoms with E-state index in [-0.39, 0.29) is 16.9 Å². The maximum Gasteiger partial charge on any atom is 0.259 e. The van der Waals surface area contributed by atoms with Crippen LogP contribution < -0.4 is 5.43 Å². The summed E-state index contributed by atoms with van der Waals surface area (Å²) in [6, 6.07) is 1.34. The largest absolute Gasteiger partial charge is 0.367 e. The molecule has 0 radical (unpaired) electrons. The highest BCUT2D eigenvalue weighted by Crippen LogP contribution is 2.10. The molecule has 2 rings (SSSR count). The Morgan fingerprint density at radius 3 is 2.94 bits per heavy atom. The molecule has 0 saturated carbocycles. The fraction of sp³-hybridized carbons (Fsp3) is 0.250. The number of aromatic amines is 1. The second-order valence-electron chi connectivity index (χ2n) is 3.94. The summed E-state index contributed by atoms with van der Waals surface area (Å²) >= 11 is 1.54. The number of aromatic nitrogens is 2. The van der Waals surface area contributed by atoms with E-state index in [1.54, 1.807) is 18.4 Å². The fourth-order valence-corrected chi connectivity index (χ4v) is 2.19. The molecule has 18 heavy (non-hydrogen) atoms. The minimum absolute atomic E-state index is 0.145. The first-order valence-corrected chi connectivity index (χ1v) is 6.29. The van der Waals surface area contributed by atoms with Crippen LogP contribution in [0.2, 0.25) is 0 Å². The lowest BCUT2D eigenvalue weighted by molar-refractivity contribution is 0.0782. The number of nitrogens with one attached hydrogen (secondary N) is 1. The zero-order valence-electron chi connectivity index (χ0n) is 10.1. The molecule has 0 saturated heterocycles. The second-order valence-corrected chi connectivity index (χ2v) is 5.00. The highest BCUT2D eigenvalue weighted by molar-refractivity contribution is 7.09. The van der Waals surface area contributed by atoms with E-state index < -0.39 is 0 Å². The lowest BCUT2D eigenvalue weighted by Gasteiger charge is -2.15. The van der Waals surface area contributed by atoms with Crippen molar-refractivity contribution in [1.82, 2.24) is 14.9 Å². The maximum atomic E-state index is 12.1. The molecule has 0 spiro atoms. The van der Waals surface area contributed by atoms with E-state index in [1.807, 2.05) is 12.3 Å². The van der Waals surface area contributed by atoms with Crippen molar-refractivity contribution in [2.75, 3.05) is 7.05 Å².